The Morgan fingerprint density at radius 2 is 1.68 bits per heavy atom. The van der Waals surface area contributed by atoms with Gasteiger partial charge in [0.1, 0.15) is 0 Å². The van der Waals surface area contributed by atoms with Gasteiger partial charge in [-0.25, -0.2) is 4.90 Å². The second kappa shape index (κ2) is 10.4. The number of hydrogen-bond donors (Lipinski definition) is 1. The number of imide groups is 1. The maximum Gasteiger partial charge on any atom is 0.270 e. The van der Waals surface area contributed by atoms with Crippen LogP contribution in [0, 0.1) is 10.1 Å². The summed E-state index contributed by atoms with van der Waals surface area (Å²) in [6, 6.07) is 21.5. The molecule has 3 aromatic rings. The summed E-state index contributed by atoms with van der Waals surface area (Å²) in [6.45, 7) is 4.44. The Morgan fingerprint density at radius 3 is 2.32 bits per heavy atom. The third kappa shape index (κ3) is 5.01. The van der Waals surface area contributed by atoms with Gasteiger partial charge < -0.3 is 5.32 Å². The van der Waals surface area contributed by atoms with Crippen LogP contribution in [0.2, 0.25) is 0 Å². The molecule has 8 heteroatoms. The highest BCUT2D eigenvalue weighted by molar-refractivity contribution is 6.43. The first-order valence-electron chi connectivity index (χ1n) is 12.4. The van der Waals surface area contributed by atoms with Crippen molar-refractivity contribution >= 4 is 40.1 Å². The summed E-state index contributed by atoms with van der Waals surface area (Å²) in [5, 5.41) is 14.9. The Kier molecular flexibility index (Phi) is 6.83. The fourth-order valence-corrected chi connectivity index (χ4v) is 5.02. The van der Waals surface area contributed by atoms with Crippen LogP contribution in [0.5, 0.6) is 0 Å². The smallest absolute Gasteiger partial charge is 0.270 e. The molecule has 2 aliphatic heterocycles. The molecular formula is C29H28N4O4. The van der Waals surface area contributed by atoms with Crippen LogP contribution in [-0.4, -0.2) is 34.7 Å². The highest BCUT2D eigenvalue weighted by Crippen LogP contribution is 2.42. The maximum atomic E-state index is 13.6. The summed E-state index contributed by atoms with van der Waals surface area (Å²) in [6.07, 6.45) is 3.76. The molecule has 0 aromatic heterocycles. The third-order valence-electron chi connectivity index (χ3n) is 6.82. The SMILES string of the molecule is CC(=O)N1C(=O)C(=C(Nc2ccc(CN3CCCCC3)cc2)c2ccccc2)c2cc([N+](=O)[O-])ccc21. The van der Waals surface area contributed by atoms with Crippen LogP contribution < -0.4 is 10.2 Å². The predicted octanol–water partition coefficient (Wildman–Crippen LogP) is 5.45. The van der Waals surface area contributed by atoms with Crippen molar-refractivity contribution in [1.82, 2.24) is 4.90 Å². The number of carbonyl (C=O) groups is 2. The average molecular weight is 497 g/mol. The first kappa shape index (κ1) is 24.4. The normalized spacial score (nSPS) is 16.9. The van der Waals surface area contributed by atoms with E-state index >= 15 is 0 Å². The average Bonchev–Trinajstić information content (AvgIpc) is 3.20. The van der Waals surface area contributed by atoms with E-state index in [-0.39, 0.29) is 11.3 Å². The number of amides is 2. The van der Waals surface area contributed by atoms with E-state index in [4.69, 9.17) is 0 Å². The number of nitrogens with one attached hydrogen (secondary N) is 1. The van der Waals surface area contributed by atoms with Crippen LogP contribution in [0.15, 0.2) is 72.8 Å². The molecule has 1 N–H and O–H groups in total. The number of fused-ring (bicyclic) bond motifs is 1. The second-order valence-corrected chi connectivity index (χ2v) is 9.39. The number of nitro benzene ring substituents is 1. The molecule has 5 rings (SSSR count). The Morgan fingerprint density at radius 1 is 0.973 bits per heavy atom. The van der Waals surface area contributed by atoms with Crippen LogP contribution in [0.3, 0.4) is 0 Å². The van der Waals surface area contributed by atoms with E-state index in [0.29, 0.717) is 16.9 Å². The quantitative estimate of drug-likeness (QED) is 0.277. The molecule has 2 amide bonds. The highest BCUT2D eigenvalue weighted by Gasteiger charge is 2.38. The van der Waals surface area contributed by atoms with Gasteiger partial charge in [-0.1, -0.05) is 48.9 Å². The van der Waals surface area contributed by atoms with Crippen molar-refractivity contribution in [2.45, 2.75) is 32.7 Å². The van der Waals surface area contributed by atoms with Crippen molar-refractivity contribution in [3.8, 4) is 0 Å². The first-order valence-corrected chi connectivity index (χ1v) is 12.4. The summed E-state index contributed by atoms with van der Waals surface area (Å²) in [5.41, 5.74) is 3.96. The van der Waals surface area contributed by atoms with E-state index in [0.717, 1.165) is 35.8 Å². The fourth-order valence-electron chi connectivity index (χ4n) is 5.02. The monoisotopic (exact) mass is 496 g/mol. The zero-order chi connectivity index (χ0) is 25.9. The minimum atomic E-state index is -0.518. The van der Waals surface area contributed by atoms with Gasteiger partial charge in [-0.2, -0.15) is 0 Å². The van der Waals surface area contributed by atoms with E-state index in [1.165, 1.54) is 49.9 Å². The lowest BCUT2D eigenvalue weighted by molar-refractivity contribution is -0.384. The van der Waals surface area contributed by atoms with Gasteiger partial charge in [0.2, 0.25) is 5.91 Å². The molecule has 0 aliphatic carbocycles. The summed E-state index contributed by atoms with van der Waals surface area (Å²) in [7, 11) is 0. The Hall–Kier alpha value is -4.30. The molecule has 0 saturated carbocycles. The molecule has 3 aromatic carbocycles. The number of nitrogens with zero attached hydrogens (tertiary/aromatic N) is 3. The van der Waals surface area contributed by atoms with Crippen molar-refractivity contribution in [3.63, 3.8) is 0 Å². The van der Waals surface area contributed by atoms with Gasteiger partial charge in [0.05, 0.1) is 21.9 Å². The van der Waals surface area contributed by atoms with Crippen LogP contribution in [0.4, 0.5) is 17.1 Å². The number of non-ortho nitro benzene ring substituents is 1. The lowest BCUT2D eigenvalue weighted by Gasteiger charge is -2.26. The van der Waals surface area contributed by atoms with Crippen molar-refractivity contribution in [1.29, 1.82) is 0 Å². The van der Waals surface area contributed by atoms with Gasteiger partial charge >= 0.3 is 0 Å². The molecule has 8 nitrogen and oxygen atoms in total. The highest BCUT2D eigenvalue weighted by atomic mass is 16.6. The predicted molar refractivity (Wildman–Crippen MR) is 144 cm³/mol. The molecule has 0 spiro atoms. The molecular weight excluding hydrogens is 468 g/mol. The van der Waals surface area contributed by atoms with Crippen LogP contribution in [-0.2, 0) is 16.1 Å². The van der Waals surface area contributed by atoms with Gasteiger partial charge in [-0.15, -0.1) is 0 Å². The summed E-state index contributed by atoms with van der Waals surface area (Å²) >= 11 is 0. The number of likely N-dealkylation sites (tertiary alicyclic amines) is 1. The molecule has 2 aliphatic rings. The maximum absolute atomic E-state index is 13.6. The van der Waals surface area contributed by atoms with E-state index in [1.54, 1.807) is 0 Å². The molecule has 2 heterocycles. The van der Waals surface area contributed by atoms with Gasteiger partial charge in [0, 0.05) is 36.9 Å². The zero-order valence-corrected chi connectivity index (χ0v) is 20.6. The number of hydrogen-bond acceptors (Lipinski definition) is 6. The molecule has 0 unspecified atom stereocenters. The Balaban J connectivity index is 1.57. The van der Waals surface area contributed by atoms with Crippen molar-refractivity contribution in [3.05, 3.63) is 99.6 Å². The van der Waals surface area contributed by atoms with Crippen LogP contribution in [0.1, 0.15) is 42.9 Å². The van der Waals surface area contributed by atoms with E-state index in [2.05, 4.69) is 22.3 Å². The second-order valence-electron chi connectivity index (χ2n) is 9.39. The topological polar surface area (TPSA) is 95.8 Å². The van der Waals surface area contributed by atoms with Crippen molar-refractivity contribution < 1.29 is 14.5 Å². The van der Waals surface area contributed by atoms with Crippen molar-refractivity contribution in [2.75, 3.05) is 23.3 Å². The minimum Gasteiger partial charge on any atom is -0.354 e. The van der Waals surface area contributed by atoms with E-state index < -0.39 is 16.7 Å². The minimum absolute atomic E-state index is 0.149. The lowest BCUT2D eigenvalue weighted by Crippen LogP contribution is -2.31. The molecule has 0 atom stereocenters. The van der Waals surface area contributed by atoms with Gasteiger partial charge in [-0.3, -0.25) is 24.6 Å². The van der Waals surface area contributed by atoms with Crippen LogP contribution >= 0.6 is 0 Å². The Labute approximate surface area is 215 Å². The molecule has 1 saturated heterocycles. The third-order valence-corrected chi connectivity index (χ3v) is 6.82. The Bertz CT molecular complexity index is 1380. The van der Waals surface area contributed by atoms with E-state index in [1.807, 2.05) is 42.5 Å². The summed E-state index contributed by atoms with van der Waals surface area (Å²) in [4.78, 5) is 40.6. The largest absolute Gasteiger partial charge is 0.354 e. The number of piperidine rings is 1. The van der Waals surface area contributed by atoms with E-state index in [9.17, 15) is 19.7 Å². The number of nitro groups is 1. The molecule has 0 bridgehead atoms. The van der Waals surface area contributed by atoms with Crippen LogP contribution in [0.25, 0.3) is 11.3 Å². The lowest BCUT2D eigenvalue weighted by atomic mass is 9.99. The molecule has 0 radical (unpaired) electrons. The first-order chi connectivity index (χ1) is 17.9. The zero-order valence-electron chi connectivity index (χ0n) is 20.6. The van der Waals surface area contributed by atoms with Gasteiger partial charge in [0.25, 0.3) is 11.6 Å². The number of rotatable bonds is 6. The summed E-state index contributed by atoms with van der Waals surface area (Å²) < 4.78 is 0. The van der Waals surface area contributed by atoms with Gasteiger partial charge in [0.15, 0.2) is 0 Å². The number of carbonyl (C=O) groups excluding carboxylic acids is 2. The molecule has 37 heavy (non-hydrogen) atoms. The van der Waals surface area contributed by atoms with Gasteiger partial charge in [-0.05, 0) is 55.3 Å². The number of benzene rings is 3. The molecule has 1 fully saturated rings. The number of anilines is 2. The van der Waals surface area contributed by atoms with Crippen molar-refractivity contribution in [2.24, 2.45) is 0 Å². The standard InChI is InChI=1S/C29H28N4O4/c1-20(34)32-26-15-14-24(33(36)37)18-25(26)27(29(32)35)28(22-8-4-2-5-9-22)30-23-12-10-21(11-13-23)19-31-16-6-3-7-17-31/h2,4-5,8-15,18,30H,3,6-7,16-17,19H2,1H3. The fraction of sp³-hybridized carbons (Fsp3) is 0.241. The summed E-state index contributed by atoms with van der Waals surface area (Å²) in [5.74, 6) is -0.972. The molecule has 188 valence electrons.